The van der Waals surface area contributed by atoms with Gasteiger partial charge in [0, 0.05) is 17.8 Å². The molecule has 1 N–H and O–H groups in total. The Morgan fingerprint density at radius 1 is 1.21 bits per heavy atom. The van der Waals surface area contributed by atoms with Crippen LogP contribution in [-0.4, -0.2) is 37.8 Å². The van der Waals surface area contributed by atoms with Gasteiger partial charge in [0.25, 0.3) is 0 Å². The predicted molar refractivity (Wildman–Crippen MR) is 92.9 cm³/mol. The van der Waals surface area contributed by atoms with Crippen LogP contribution in [-0.2, 0) is 0 Å². The first-order valence-electron chi connectivity index (χ1n) is 8.50. The summed E-state index contributed by atoms with van der Waals surface area (Å²) in [6, 6.07) is 9.93. The van der Waals surface area contributed by atoms with Gasteiger partial charge in [0.2, 0.25) is 0 Å². The lowest BCUT2D eigenvalue weighted by Crippen LogP contribution is -2.51. The molecular formula is C18H25N5O. The number of nitrogens with one attached hydrogen (secondary N) is 1. The summed E-state index contributed by atoms with van der Waals surface area (Å²) in [5.74, 6) is 0.824. The van der Waals surface area contributed by atoms with E-state index >= 15 is 0 Å². The molecule has 0 radical (unpaired) electrons. The Hall–Kier alpha value is -2.37. The van der Waals surface area contributed by atoms with Crippen molar-refractivity contribution in [1.82, 2.24) is 25.0 Å². The first-order valence-corrected chi connectivity index (χ1v) is 8.50. The molecule has 6 nitrogen and oxygen atoms in total. The van der Waals surface area contributed by atoms with Crippen molar-refractivity contribution in [3.05, 3.63) is 42.5 Å². The van der Waals surface area contributed by atoms with Crippen LogP contribution in [0.15, 0.2) is 36.7 Å². The van der Waals surface area contributed by atoms with Crippen molar-refractivity contribution in [3.8, 4) is 5.69 Å². The van der Waals surface area contributed by atoms with Crippen LogP contribution in [0.25, 0.3) is 5.69 Å². The summed E-state index contributed by atoms with van der Waals surface area (Å²) < 4.78 is 1.98. The number of nitrogens with zero attached hydrogens (tertiary/aromatic N) is 4. The van der Waals surface area contributed by atoms with Crippen LogP contribution in [0.4, 0.5) is 4.79 Å². The Labute approximate surface area is 142 Å². The van der Waals surface area contributed by atoms with Gasteiger partial charge in [-0.25, -0.2) is 4.79 Å². The number of amides is 2. The van der Waals surface area contributed by atoms with Gasteiger partial charge in [-0.2, -0.15) is 0 Å². The molecule has 1 aromatic heterocycles. The van der Waals surface area contributed by atoms with Crippen LogP contribution in [0.5, 0.6) is 0 Å². The van der Waals surface area contributed by atoms with Crippen molar-refractivity contribution < 1.29 is 4.79 Å². The average Bonchev–Trinajstić information content (AvgIpc) is 3.03. The lowest BCUT2D eigenvalue weighted by Gasteiger charge is -2.37. The number of hydrogen-bond acceptors (Lipinski definition) is 3. The molecule has 24 heavy (non-hydrogen) atoms. The Morgan fingerprint density at radius 2 is 1.96 bits per heavy atom. The number of benzene rings is 1. The van der Waals surface area contributed by atoms with Crippen LogP contribution >= 0.6 is 0 Å². The summed E-state index contributed by atoms with van der Waals surface area (Å²) in [5, 5.41) is 11.5. The molecule has 3 rings (SSSR count). The van der Waals surface area contributed by atoms with Crippen molar-refractivity contribution in [2.45, 2.75) is 51.6 Å². The Kier molecular flexibility index (Phi) is 4.55. The van der Waals surface area contributed by atoms with Crippen LogP contribution in [0, 0.1) is 0 Å². The maximum atomic E-state index is 12.7. The van der Waals surface area contributed by atoms with E-state index in [1.54, 1.807) is 6.33 Å². The average molecular weight is 327 g/mol. The van der Waals surface area contributed by atoms with E-state index in [2.05, 4.69) is 15.5 Å². The fourth-order valence-electron chi connectivity index (χ4n) is 3.09. The topological polar surface area (TPSA) is 63.1 Å². The quantitative estimate of drug-likeness (QED) is 0.920. The van der Waals surface area contributed by atoms with Gasteiger partial charge < -0.3 is 10.2 Å². The molecular weight excluding hydrogens is 302 g/mol. The van der Waals surface area contributed by atoms with E-state index in [4.69, 9.17) is 0 Å². The molecule has 0 aliphatic carbocycles. The van der Waals surface area contributed by atoms with E-state index in [1.165, 1.54) is 0 Å². The van der Waals surface area contributed by atoms with E-state index in [-0.39, 0.29) is 17.6 Å². The van der Waals surface area contributed by atoms with Crippen molar-refractivity contribution in [2.24, 2.45) is 0 Å². The van der Waals surface area contributed by atoms with Crippen LogP contribution in [0.3, 0.4) is 0 Å². The van der Waals surface area contributed by atoms with E-state index in [0.717, 1.165) is 37.3 Å². The first-order chi connectivity index (χ1) is 11.5. The maximum Gasteiger partial charge on any atom is 0.318 e. The fourth-order valence-corrected chi connectivity index (χ4v) is 3.09. The molecule has 2 aromatic rings. The largest absolute Gasteiger partial charge is 0.333 e. The molecule has 1 aliphatic rings. The first kappa shape index (κ1) is 16.5. The number of urea groups is 1. The molecule has 1 saturated heterocycles. The fraction of sp³-hybridized carbons (Fsp3) is 0.500. The van der Waals surface area contributed by atoms with Gasteiger partial charge >= 0.3 is 6.03 Å². The molecule has 2 heterocycles. The monoisotopic (exact) mass is 327 g/mol. The second-order valence-corrected chi connectivity index (χ2v) is 7.28. The molecule has 2 amide bonds. The van der Waals surface area contributed by atoms with E-state index in [9.17, 15) is 4.79 Å². The molecule has 1 fully saturated rings. The number of para-hydroxylation sites is 1. The van der Waals surface area contributed by atoms with Gasteiger partial charge in [-0.05, 0) is 52.2 Å². The molecule has 128 valence electrons. The van der Waals surface area contributed by atoms with E-state index in [1.807, 2.05) is 60.6 Å². The number of aromatic nitrogens is 3. The molecule has 1 atom stereocenters. The molecule has 1 aromatic carbocycles. The molecule has 0 saturated carbocycles. The lowest BCUT2D eigenvalue weighted by atomic mass is 10.0. The number of piperidine rings is 1. The summed E-state index contributed by atoms with van der Waals surface area (Å²) in [5.41, 5.74) is 0.755. The third-order valence-electron chi connectivity index (χ3n) is 4.15. The van der Waals surface area contributed by atoms with Crippen molar-refractivity contribution in [1.29, 1.82) is 0 Å². The second kappa shape index (κ2) is 6.63. The van der Waals surface area contributed by atoms with Crippen molar-refractivity contribution in [3.63, 3.8) is 0 Å². The highest BCUT2D eigenvalue weighted by molar-refractivity contribution is 5.75. The summed E-state index contributed by atoms with van der Waals surface area (Å²) >= 11 is 0. The van der Waals surface area contributed by atoms with Gasteiger partial charge in [0.1, 0.15) is 6.33 Å². The molecule has 0 bridgehead atoms. The summed E-state index contributed by atoms with van der Waals surface area (Å²) in [6.07, 6.45) is 4.74. The van der Waals surface area contributed by atoms with Gasteiger partial charge in [0.15, 0.2) is 5.82 Å². The Bertz CT molecular complexity index is 689. The highest BCUT2D eigenvalue weighted by Gasteiger charge is 2.33. The minimum Gasteiger partial charge on any atom is -0.333 e. The van der Waals surface area contributed by atoms with Crippen LogP contribution in [0.1, 0.15) is 51.9 Å². The zero-order valence-electron chi connectivity index (χ0n) is 14.6. The van der Waals surface area contributed by atoms with E-state index in [0.29, 0.717) is 0 Å². The molecule has 1 aliphatic heterocycles. The zero-order chi connectivity index (χ0) is 17.2. The maximum absolute atomic E-state index is 12.7. The van der Waals surface area contributed by atoms with Crippen molar-refractivity contribution >= 4 is 6.03 Å². The number of carbonyl (C=O) groups excluding carboxylic acids is 1. The number of hydrogen-bond donors (Lipinski definition) is 1. The zero-order valence-corrected chi connectivity index (χ0v) is 14.6. The van der Waals surface area contributed by atoms with Crippen molar-refractivity contribution in [2.75, 3.05) is 6.54 Å². The van der Waals surface area contributed by atoms with Gasteiger partial charge in [0.05, 0.1) is 6.04 Å². The van der Waals surface area contributed by atoms with Gasteiger partial charge in [-0.1, -0.05) is 18.2 Å². The highest BCUT2D eigenvalue weighted by atomic mass is 16.2. The molecule has 6 heteroatoms. The number of likely N-dealkylation sites (tertiary alicyclic amines) is 1. The standard InChI is InChI=1S/C18H25N5O/c1-18(2,3)20-17(24)22-12-8-7-11-15(22)16-21-19-13-23(16)14-9-5-4-6-10-14/h4-6,9-10,13,15H,7-8,11-12H2,1-3H3,(H,20,24)/t15-/m0/s1. The highest BCUT2D eigenvalue weighted by Crippen LogP contribution is 2.31. The minimum absolute atomic E-state index is 0.0326. The minimum atomic E-state index is -0.258. The normalized spacial score (nSPS) is 18.5. The summed E-state index contributed by atoms with van der Waals surface area (Å²) in [4.78, 5) is 14.6. The van der Waals surface area contributed by atoms with E-state index < -0.39 is 0 Å². The third-order valence-corrected chi connectivity index (χ3v) is 4.15. The molecule has 0 spiro atoms. The Morgan fingerprint density at radius 3 is 2.67 bits per heavy atom. The van der Waals surface area contributed by atoms with Crippen LogP contribution < -0.4 is 5.32 Å². The lowest BCUT2D eigenvalue weighted by molar-refractivity contribution is 0.140. The number of carbonyl (C=O) groups is 1. The van der Waals surface area contributed by atoms with Crippen LogP contribution in [0.2, 0.25) is 0 Å². The number of rotatable bonds is 2. The SMILES string of the molecule is CC(C)(C)NC(=O)N1CCCC[C@H]1c1nncn1-c1ccccc1. The summed E-state index contributed by atoms with van der Waals surface area (Å²) in [6.45, 7) is 6.73. The van der Waals surface area contributed by atoms with Gasteiger partial charge in [-0.15, -0.1) is 10.2 Å². The second-order valence-electron chi connectivity index (χ2n) is 7.28. The Balaban J connectivity index is 1.90. The predicted octanol–water partition coefficient (Wildman–Crippen LogP) is 3.30. The molecule has 0 unspecified atom stereocenters. The third kappa shape index (κ3) is 3.58. The smallest absolute Gasteiger partial charge is 0.318 e. The van der Waals surface area contributed by atoms with Gasteiger partial charge in [-0.3, -0.25) is 4.57 Å². The summed E-state index contributed by atoms with van der Waals surface area (Å²) in [7, 11) is 0.